The van der Waals surface area contributed by atoms with Gasteiger partial charge in [-0.2, -0.15) is 0 Å². The molecule has 5 rings (SSSR count). The van der Waals surface area contributed by atoms with Crippen molar-refractivity contribution in [3.8, 4) is 27.3 Å². The highest BCUT2D eigenvalue weighted by Gasteiger charge is 2.23. The molecule has 0 radical (unpaired) electrons. The van der Waals surface area contributed by atoms with E-state index < -0.39 is 0 Å². The van der Waals surface area contributed by atoms with Gasteiger partial charge >= 0.3 is 0 Å². The highest BCUT2D eigenvalue weighted by Crippen LogP contribution is 2.48. The third-order valence-corrected chi connectivity index (χ3v) is 8.83. The van der Waals surface area contributed by atoms with Gasteiger partial charge in [0.05, 0.1) is 17.0 Å². The molecule has 0 amide bonds. The Morgan fingerprint density at radius 3 is 2.63 bits per heavy atom. The zero-order chi connectivity index (χ0) is 26.8. The molecule has 1 saturated heterocycles. The summed E-state index contributed by atoms with van der Waals surface area (Å²) in [5, 5.41) is 1.66. The lowest BCUT2D eigenvalue weighted by atomic mass is 9.95. The average molecular weight is 576 g/mol. The Bertz CT molecular complexity index is 1460. The van der Waals surface area contributed by atoms with Crippen molar-refractivity contribution in [2.45, 2.75) is 13.5 Å². The molecule has 2 aromatic carbocycles. The Kier molecular flexibility index (Phi) is 8.47. The molecule has 10 heteroatoms. The maximum Gasteiger partial charge on any atom is 0.141 e. The van der Waals surface area contributed by atoms with Crippen LogP contribution in [0.2, 0.25) is 10.2 Å². The zero-order valence-corrected chi connectivity index (χ0v) is 23.9. The molecule has 0 atom stereocenters. The Morgan fingerprint density at radius 2 is 1.87 bits per heavy atom. The minimum absolute atomic E-state index is 0.172. The lowest BCUT2D eigenvalue weighted by Gasteiger charge is -2.32. The molecule has 6 nitrogen and oxygen atoms in total. The van der Waals surface area contributed by atoms with E-state index in [9.17, 15) is 4.39 Å². The van der Waals surface area contributed by atoms with Crippen molar-refractivity contribution >= 4 is 44.8 Å². The summed E-state index contributed by atoms with van der Waals surface area (Å²) in [6.45, 7) is 7.77. The second-order valence-electron chi connectivity index (χ2n) is 9.43. The zero-order valence-electron chi connectivity index (χ0n) is 21.6. The number of thiophene rings is 1. The maximum atomic E-state index is 14.4. The molecule has 0 bridgehead atoms. The molecular weight excluding hydrogens is 546 g/mol. The molecule has 2 aromatic heterocycles. The minimum atomic E-state index is -0.312. The second kappa shape index (κ2) is 11.8. The number of likely N-dealkylation sites (N-methyl/N-ethyl adjacent to an activating group) is 1. The number of aromatic nitrogens is 2. The van der Waals surface area contributed by atoms with Gasteiger partial charge in [-0.25, -0.2) is 14.4 Å². The summed E-state index contributed by atoms with van der Waals surface area (Å²) in [5.74, 6) is 0.336. The first-order valence-corrected chi connectivity index (χ1v) is 14.0. The van der Waals surface area contributed by atoms with Crippen LogP contribution >= 0.6 is 34.5 Å². The van der Waals surface area contributed by atoms with Crippen LogP contribution in [0.25, 0.3) is 31.8 Å². The third-order valence-electron chi connectivity index (χ3n) is 6.93. The van der Waals surface area contributed by atoms with Crippen LogP contribution in [0, 0.1) is 12.7 Å². The van der Waals surface area contributed by atoms with Crippen LogP contribution in [0.15, 0.2) is 36.7 Å². The van der Waals surface area contributed by atoms with E-state index in [2.05, 4.69) is 26.8 Å². The van der Waals surface area contributed by atoms with Gasteiger partial charge < -0.3 is 14.4 Å². The predicted molar refractivity (Wildman–Crippen MR) is 153 cm³/mol. The van der Waals surface area contributed by atoms with E-state index >= 15 is 0 Å². The van der Waals surface area contributed by atoms with Crippen molar-refractivity contribution < 1.29 is 13.9 Å². The molecule has 1 aliphatic heterocycles. The van der Waals surface area contributed by atoms with Gasteiger partial charge in [-0.05, 0) is 48.9 Å². The third kappa shape index (κ3) is 5.52. The molecule has 1 fully saturated rings. The lowest BCUT2D eigenvalue weighted by Crippen LogP contribution is -2.45. The van der Waals surface area contributed by atoms with Crippen LogP contribution in [-0.4, -0.2) is 73.3 Å². The van der Waals surface area contributed by atoms with E-state index in [4.69, 9.17) is 32.7 Å². The summed E-state index contributed by atoms with van der Waals surface area (Å²) in [6.07, 6.45) is 1.45. The van der Waals surface area contributed by atoms with E-state index in [1.54, 1.807) is 19.2 Å². The molecule has 1 aliphatic rings. The number of ether oxygens (including phenoxy) is 2. The summed E-state index contributed by atoms with van der Waals surface area (Å²) < 4.78 is 25.7. The quantitative estimate of drug-likeness (QED) is 0.222. The first kappa shape index (κ1) is 27.2. The van der Waals surface area contributed by atoms with Crippen LogP contribution in [0.5, 0.6) is 5.75 Å². The number of benzene rings is 2. The fourth-order valence-corrected chi connectivity index (χ4v) is 6.39. The average Bonchev–Trinajstić information content (AvgIpc) is 3.30. The monoisotopic (exact) mass is 574 g/mol. The topological polar surface area (TPSA) is 50.7 Å². The van der Waals surface area contributed by atoms with Gasteiger partial charge in [-0.3, -0.25) is 4.90 Å². The fraction of sp³-hybridized carbons (Fsp3) is 0.357. The van der Waals surface area contributed by atoms with Gasteiger partial charge in [-0.1, -0.05) is 35.3 Å². The van der Waals surface area contributed by atoms with Crippen molar-refractivity contribution in [3.63, 3.8) is 0 Å². The molecule has 4 aromatic rings. The number of nitrogens with zero attached hydrogens (tertiary/aromatic N) is 4. The van der Waals surface area contributed by atoms with Crippen LogP contribution in [0.4, 0.5) is 4.39 Å². The van der Waals surface area contributed by atoms with Crippen molar-refractivity contribution in [2.75, 3.05) is 53.5 Å². The standard InChI is InChI=1S/C28H29Cl2FN4O2S/c1-17-20(5-7-22(25(17)29)37-13-12-35-10-8-34(2)9-11-35)23-24-27(30)32-16-33-28(24)38-26(23)18-4-6-21(31)19(14-18)15-36-3/h4-7,14,16H,8-13,15H2,1-3H3. The summed E-state index contributed by atoms with van der Waals surface area (Å²) in [5.41, 5.74) is 3.95. The van der Waals surface area contributed by atoms with Crippen LogP contribution in [0.1, 0.15) is 11.1 Å². The van der Waals surface area contributed by atoms with Crippen LogP contribution in [-0.2, 0) is 11.3 Å². The molecular formula is C28H29Cl2FN4O2S. The van der Waals surface area contributed by atoms with E-state index in [1.165, 1.54) is 23.7 Å². The van der Waals surface area contributed by atoms with Crippen molar-refractivity contribution in [1.82, 2.24) is 19.8 Å². The summed E-state index contributed by atoms with van der Waals surface area (Å²) in [4.78, 5) is 15.1. The molecule has 0 spiro atoms. The van der Waals surface area contributed by atoms with Gasteiger partial charge in [0.15, 0.2) is 0 Å². The number of hydrogen-bond donors (Lipinski definition) is 0. The number of halogens is 3. The van der Waals surface area contributed by atoms with E-state index in [0.29, 0.717) is 28.1 Å². The smallest absolute Gasteiger partial charge is 0.141 e. The Morgan fingerprint density at radius 1 is 1.08 bits per heavy atom. The molecule has 38 heavy (non-hydrogen) atoms. The van der Waals surface area contributed by atoms with E-state index in [-0.39, 0.29) is 12.4 Å². The minimum Gasteiger partial charge on any atom is -0.491 e. The summed E-state index contributed by atoms with van der Waals surface area (Å²) >= 11 is 14.9. The number of methoxy groups -OCH3 is 1. The van der Waals surface area contributed by atoms with Crippen molar-refractivity contribution in [1.29, 1.82) is 0 Å². The van der Waals surface area contributed by atoms with Crippen molar-refractivity contribution in [3.05, 3.63) is 63.8 Å². The number of rotatable bonds is 8. The highest BCUT2D eigenvalue weighted by atomic mass is 35.5. The maximum absolute atomic E-state index is 14.4. The van der Waals surface area contributed by atoms with Crippen LogP contribution < -0.4 is 4.74 Å². The van der Waals surface area contributed by atoms with Gasteiger partial charge in [0.25, 0.3) is 0 Å². The molecule has 3 heterocycles. The Labute approximate surface area is 235 Å². The van der Waals surface area contributed by atoms with Gasteiger partial charge in [-0.15, -0.1) is 11.3 Å². The van der Waals surface area contributed by atoms with E-state index in [0.717, 1.165) is 70.1 Å². The normalized spacial score (nSPS) is 14.9. The van der Waals surface area contributed by atoms with Crippen molar-refractivity contribution in [2.24, 2.45) is 0 Å². The molecule has 200 valence electrons. The first-order chi connectivity index (χ1) is 18.4. The van der Waals surface area contributed by atoms with E-state index in [1.807, 2.05) is 19.1 Å². The first-order valence-electron chi connectivity index (χ1n) is 12.4. The molecule has 0 aliphatic carbocycles. The number of fused-ring (bicyclic) bond motifs is 1. The molecule has 0 unspecified atom stereocenters. The highest BCUT2D eigenvalue weighted by molar-refractivity contribution is 7.22. The van der Waals surface area contributed by atoms with Crippen LogP contribution in [0.3, 0.4) is 0 Å². The number of hydrogen-bond acceptors (Lipinski definition) is 7. The van der Waals surface area contributed by atoms with Gasteiger partial charge in [0, 0.05) is 55.8 Å². The summed E-state index contributed by atoms with van der Waals surface area (Å²) in [7, 11) is 3.69. The largest absolute Gasteiger partial charge is 0.491 e. The van der Waals surface area contributed by atoms with Gasteiger partial charge in [0.1, 0.15) is 34.5 Å². The Balaban J connectivity index is 1.51. The summed E-state index contributed by atoms with van der Waals surface area (Å²) in [6, 6.07) is 8.93. The molecule has 0 saturated carbocycles. The fourth-order valence-electron chi connectivity index (χ4n) is 4.74. The lowest BCUT2D eigenvalue weighted by molar-refractivity contribution is 0.134. The second-order valence-corrected chi connectivity index (χ2v) is 11.2. The predicted octanol–water partition coefficient (Wildman–Crippen LogP) is 6.55. The van der Waals surface area contributed by atoms with Gasteiger partial charge in [0.2, 0.25) is 0 Å². The number of piperazine rings is 1. The SMILES string of the molecule is COCc1cc(-c2sc3ncnc(Cl)c3c2-c2ccc(OCCN3CCN(C)CC3)c(Cl)c2C)ccc1F. The molecule has 0 N–H and O–H groups in total. The Hall–Kier alpha value is -2.33.